The average molecular weight is 269 g/mol. The number of hydrogen-bond donors (Lipinski definition) is 5. The second kappa shape index (κ2) is 17.9. The quantitative estimate of drug-likeness (QED) is 0.160. The molecule has 0 bridgehead atoms. The van der Waals surface area contributed by atoms with Gasteiger partial charge in [0.15, 0.2) is 0 Å². The first-order valence-corrected chi connectivity index (χ1v) is 6.40. The van der Waals surface area contributed by atoms with E-state index in [1.54, 1.807) is 0 Å². The predicted molar refractivity (Wildman–Crippen MR) is 77.2 cm³/mol. The summed E-state index contributed by atoms with van der Waals surface area (Å²) in [4.78, 5) is 11.1. The van der Waals surface area contributed by atoms with Gasteiger partial charge >= 0.3 is 5.97 Å². The van der Waals surface area contributed by atoms with Gasteiger partial charge < -0.3 is 21.9 Å². The fraction of sp³-hybridized carbons (Fsp3) is 0.889. The Morgan fingerprint density at radius 3 is 1.65 bits per heavy atom. The fourth-order valence-electron chi connectivity index (χ4n) is 0.648. The molecule has 7 nitrogen and oxygen atoms in total. The Bertz CT molecular complexity index is 158. The zero-order valence-corrected chi connectivity index (χ0v) is 14.2. The van der Waals surface area contributed by atoms with Crippen LogP contribution in [0.15, 0.2) is 0 Å². The van der Waals surface area contributed by atoms with Crippen molar-refractivity contribution in [3.05, 3.63) is 0 Å². The maximum Gasteiger partial charge on any atom is 0.312 e. The van der Waals surface area contributed by atoms with Crippen molar-refractivity contribution in [2.24, 2.45) is 28.5 Å². The van der Waals surface area contributed by atoms with E-state index in [-0.39, 0.29) is 11.6 Å². The summed E-state index contributed by atoms with van der Waals surface area (Å²) < 4.78 is 4.63. The lowest BCUT2D eigenvalue weighted by atomic mass is 9.93. The van der Waals surface area contributed by atoms with Gasteiger partial charge in [0, 0.05) is 15.9 Å². The normalized spacial score (nSPS) is 10.5. The van der Waals surface area contributed by atoms with Gasteiger partial charge in [0.25, 0.3) is 0 Å². The molecular formula is C9H31N5O2Si. The minimum atomic E-state index is -0.518. The highest BCUT2D eigenvalue weighted by atomic mass is 28.1. The SMILES string of the molecule is CN.CN.CN.COC(=O)C(C)(C)C([SiH3])NN. The number of hydrogen-bond acceptors (Lipinski definition) is 7. The van der Waals surface area contributed by atoms with Gasteiger partial charge in [-0.2, -0.15) is 0 Å². The second-order valence-corrected chi connectivity index (χ2v) is 4.26. The first-order chi connectivity index (χ1) is 7.96. The lowest BCUT2D eigenvalue weighted by molar-refractivity contribution is -0.151. The number of nitrogens with one attached hydrogen (secondary N) is 1. The third-order valence-electron chi connectivity index (χ3n) is 2.04. The summed E-state index contributed by atoms with van der Waals surface area (Å²) in [5.41, 5.74) is 15.6. The molecule has 0 aliphatic rings. The fourth-order valence-corrected chi connectivity index (χ4v) is 0.884. The number of hydrazine groups is 1. The highest BCUT2D eigenvalue weighted by Crippen LogP contribution is 2.19. The van der Waals surface area contributed by atoms with Crippen LogP contribution < -0.4 is 28.5 Å². The van der Waals surface area contributed by atoms with Crippen molar-refractivity contribution in [3.8, 4) is 0 Å². The molecule has 0 saturated carbocycles. The molecular weight excluding hydrogens is 238 g/mol. The summed E-state index contributed by atoms with van der Waals surface area (Å²) in [6.45, 7) is 3.63. The maximum absolute atomic E-state index is 11.1. The number of methoxy groups -OCH3 is 1. The van der Waals surface area contributed by atoms with Crippen LogP contribution in [0, 0.1) is 5.41 Å². The van der Waals surface area contributed by atoms with E-state index in [0.29, 0.717) is 0 Å². The van der Waals surface area contributed by atoms with E-state index in [9.17, 15) is 4.79 Å². The van der Waals surface area contributed by atoms with Gasteiger partial charge in [-0.25, -0.2) is 0 Å². The number of esters is 1. The van der Waals surface area contributed by atoms with Crippen LogP contribution in [0.5, 0.6) is 0 Å². The van der Waals surface area contributed by atoms with Crippen LogP contribution in [0.2, 0.25) is 0 Å². The minimum Gasteiger partial charge on any atom is -0.469 e. The van der Waals surface area contributed by atoms with Crippen molar-refractivity contribution in [3.63, 3.8) is 0 Å². The van der Waals surface area contributed by atoms with Crippen molar-refractivity contribution < 1.29 is 9.53 Å². The molecule has 0 radical (unpaired) electrons. The van der Waals surface area contributed by atoms with Crippen LogP contribution in [0.1, 0.15) is 13.8 Å². The van der Waals surface area contributed by atoms with Crippen molar-refractivity contribution in [2.45, 2.75) is 19.5 Å². The number of carbonyl (C=O) groups excluding carboxylic acids is 1. The van der Waals surface area contributed by atoms with Crippen LogP contribution >= 0.6 is 0 Å². The molecule has 1 atom stereocenters. The third-order valence-corrected chi connectivity index (χ3v) is 3.82. The Morgan fingerprint density at radius 2 is 1.47 bits per heavy atom. The first-order valence-electron chi connectivity index (χ1n) is 5.24. The van der Waals surface area contributed by atoms with Gasteiger partial charge in [-0.3, -0.25) is 16.1 Å². The molecule has 0 spiro atoms. The molecule has 0 rings (SSSR count). The molecule has 0 aliphatic heterocycles. The van der Waals surface area contributed by atoms with Gasteiger partial charge in [-0.1, -0.05) is 0 Å². The second-order valence-electron chi connectivity index (χ2n) is 3.10. The van der Waals surface area contributed by atoms with E-state index in [2.05, 4.69) is 27.4 Å². The molecule has 0 saturated heterocycles. The van der Waals surface area contributed by atoms with E-state index >= 15 is 0 Å². The molecule has 0 aromatic rings. The van der Waals surface area contributed by atoms with Crippen molar-refractivity contribution >= 4 is 16.2 Å². The van der Waals surface area contributed by atoms with Crippen molar-refractivity contribution in [1.82, 2.24) is 5.43 Å². The zero-order chi connectivity index (χ0) is 15.1. The summed E-state index contributed by atoms with van der Waals surface area (Å²) in [6, 6.07) is 0. The summed E-state index contributed by atoms with van der Waals surface area (Å²) in [6.07, 6.45) is 0. The number of nitrogens with two attached hydrogens (primary N) is 4. The van der Waals surface area contributed by atoms with E-state index in [0.717, 1.165) is 10.2 Å². The van der Waals surface area contributed by atoms with Gasteiger partial charge in [0.05, 0.1) is 12.5 Å². The molecule has 0 aliphatic carbocycles. The molecule has 0 aromatic heterocycles. The highest BCUT2D eigenvalue weighted by Gasteiger charge is 2.34. The molecule has 0 heterocycles. The summed E-state index contributed by atoms with van der Waals surface area (Å²) >= 11 is 0. The molecule has 0 fully saturated rings. The lowest BCUT2D eigenvalue weighted by Gasteiger charge is -2.27. The van der Waals surface area contributed by atoms with Crippen LogP contribution in [-0.2, 0) is 9.53 Å². The Hall–Kier alpha value is -0.513. The van der Waals surface area contributed by atoms with E-state index in [1.807, 2.05) is 13.8 Å². The number of ether oxygens (including phenoxy) is 1. The van der Waals surface area contributed by atoms with Gasteiger partial charge in [0.2, 0.25) is 0 Å². The van der Waals surface area contributed by atoms with E-state index in [1.165, 1.54) is 28.3 Å². The molecule has 0 amide bonds. The van der Waals surface area contributed by atoms with Crippen LogP contribution in [0.25, 0.3) is 0 Å². The predicted octanol–water partition coefficient (Wildman–Crippen LogP) is -2.93. The molecule has 9 N–H and O–H groups in total. The summed E-state index contributed by atoms with van der Waals surface area (Å²) in [5.74, 6) is 5.00. The molecule has 8 heteroatoms. The lowest BCUT2D eigenvalue weighted by Crippen LogP contribution is -2.50. The Kier molecular flexibility index (Phi) is 26.7. The van der Waals surface area contributed by atoms with Crippen LogP contribution in [-0.4, -0.2) is 50.1 Å². The topological polar surface area (TPSA) is 142 Å². The van der Waals surface area contributed by atoms with E-state index in [4.69, 9.17) is 5.84 Å². The van der Waals surface area contributed by atoms with Crippen LogP contribution in [0.3, 0.4) is 0 Å². The zero-order valence-electron chi connectivity index (χ0n) is 12.2. The van der Waals surface area contributed by atoms with Gasteiger partial charge in [0.1, 0.15) is 0 Å². The standard InChI is InChI=1S/C6H16N2O2Si.3CH5N/c1-6(2,4(11)8-7)5(9)10-3;3*1-2/h4,8H,7H2,1-3,11H3;3*2H2,1H3. The smallest absolute Gasteiger partial charge is 0.312 e. The Balaban J connectivity index is -0.000000121. The van der Waals surface area contributed by atoms with Crippen molar-refractivity contribution in [1.29, 1.82) is 0 Å². The van der Waals surface area contributed by atoms with E-state index < -0.39 is 5.41 Å². The van der Waals surface area contributed by atoms with Gasteiger partial charge in [-0.15, -0.1) is 0 Å². The van der Waals surface area contributed by atoms with Crippen molar-refractivity contribution in [2.75, 3.05) is 28.3 Å². The third kappa shape index (κ3) is 11.7. The maximum atomic E-state index is 11.1. The highest BCUT2D eigenvalue weighted by molar-refractivity contribution is 6.14. The Labute approximate surface area is 108 Å². The summed E-state index contributed by atoms with van der Waals surface area (Å²) in [7, 11) is 6.70. The number of rotatable bonds is 3. The monoisotopic (exact) mass is 269 g/mol. The molecule has 108 valence electrons. The first kappa shape index (κ1) is 25.4. The van der Waals surface area contributed by atoms with Crippen LogP contribution in [0.4, 0.5) is 0 Å². The number of carbonyl (C=O) groups is 1. The Morgan fingerprint density at radius 1 is 1.18 bits per heavy atom. The average Bonchev–Trinajstić information content (AvgIpc) is 2.43. The minimum absolute atomic E-state index is 0.0370. The summed E-state index contributed by atoms with van der Waals surface area (Å²) in [5, 5.41) is 0. The molecule has 17 heavy (non-hydrogen) atoms. The molecule has 0 aromatic carbocycles. The molecule has 1 unspecified atom stereocenters. The largest absolute Gasteiger partial charge is 0.469 e. The van der Waals surface area contributed by atoms with Gasteiger partial charge in [-0.05, 0) is 35.0 Å².